The van der Waals surface area contributed by atoms with Gasteiger partial charge in [-0.3, -0.25) is 0 Å². The summed E-state index contributed by atoms with van der Waals surface area (Å²) in [5.74, 6) is 1.67. The largest absolute Gasteiger partial charge is 0.493 e. The van der Waals surface area contributed by atoms with E-state index in [2.05, 4.69) is 0 Å². The molecule has 0 bridgehead atoms. The number of para-hydroxylation sites is 1. The zero-order valence-corrected chi connectivity index (χ0v) is 9.19. The van der Waals surface area contributed by atoms with Crippen LogP contribution in [0.4, 0.5) is 0 Å². The Bertz CT molecular complexity index is 396. The Morgan fingerprint density at radius 1 is 1.19 bits per heavy atom. The lowest BCUT2D eigenvalue weighted by Crippen LogP contribution is -2.43. The van der Waals surface area contributed by atoms with Crippen LogP contribution in [0.5, 0.6) is 17.2 Å². The van der Waals surface area contributed by atoms with E-state index in [9.17, 15) is 0 Å². The fourth-order valence-corrected chi connectivity index (χ4v) is 2.13. The minimum Gasteiger partial charge on any atom is -0.493 e. The Morgan fingerprint density at radius 3 is 2.75 bits per heavy atom. The van der Waals surface area contributed by atoms with Gasteiger partial charge in [-0.15, -0.1) is 0 Å². The predicted molar refractivity (Wildman–Crippen MR) is 57.0 cm³/mol. The van der Waals surface area contributed by atoms with E-state index in [1.165, 1.54) is 0 Å². The molecule has 0 aromatic heterocycles. The maximum Gasteiger partial charge on any atom is 0.256 e. The second-order valence-corrected chi connectivity index (χ2v) is 4.01. The molecule has 0 radical (unpaired) electrons. The number of rotatable bonds is 1. The fraction of sp³-hybridized carbons (Fsp3) is 0.500. The SMILES string of the molecule is COc1cccc2c1OC1(CCOCC1)O2. The van der Waals surface area contributed by atoms with Crippen molar-refractivity contribution in [1.82, 2.24) is 0 Å². The van der Waals surface area contributed by atoms with Gasteiger partial charge in [0.15, 0.2) is 11.5 Å². The third-order valence-electron chi connectivity index (χ3n) is 3.00. The van der Waals surface area contributed by atoms with Crippen molar-refractivity contribution in [3.8, 4) is 17.2 Å². The van der Waals surface area contributed by atoms with Gasteiger partial charge < -0.3 is 18.9 Å². The molecule has 1 fully saturated rings. The van der Waals surface area contributed by atoms with Crippen LogP contribution in [0.3, 0.4) is 0 Å². The molecular formula is C12H14O4. The Balaban J connectivity index is 1.93. The number of hydrogen-bond acceptors (Lipinski definition) is 4. The van der Waals surface area contributed by atoms with Gasteiger partial charge in [0.2, 0.25) is 5.75 Å². The summed E-state index contributed by atoms with van der Waals surface area (Å²) < 4.78 is 22.4. The molecule has 1 spiro atoms. The van der Waals surface area contributed by atoms with Gasteiger partial charge in [-0.2, -0.15) is 0 Å². The molecular weight excluding hydrogens is 208 g/mol. The van der Waals surface area contributed by atoms with E-state index in [0.717, 1.165) is 24.3 Å². The number of hydrogen-bond donors (Lipinski definition) is 0. The summed E-state index contributed by atoms with van der Waals surface area (Å²) in [4.78, 5) is 0. The molecule has 1 saturated heterocycles. The highest BCUT2D eigenvalue weighted by Crippen LogP contribution is 2.48. The zero-order valence-electron chi connectivity index (χ0n) is 9.19. The first-order valence-corrected chi connectivity index (χ1v) is 5.46. The Kier molecular flexibility index (Phi) is 2.17. The van der Waals surface area contributed by atoms with E-state index < -0.39 is 5.79 Å². The van der Waals surface area contributed by atoms with Crippen molar-refractivity contribution < 1.29 is 18.9 Å². The lowest BCUT2D eigenvalue weighted by molar-refractivity contribution is -0.144. The predicted octanol–water partition coefficient (Wildman–Crippen LogP) is 1.97. The number of methoxy groups -OCH3 is 1. The van der Waals surface area contributed by atoms with Crippen molar-refractivity contribution in [2.45, 2.75) is 18.6 Å². The van der Waals surface area contributed by atoms with Gasteiger partial charge >= 0.3 is 0 Å². The maximum atomic E-state index is 5.93. The molecule has 0 unspecified atom stereocenters. The minimum absolute atomic E-state index is 0.533. The Hall–Kier alpha value is -1.42. The van der Waals surface area contributed by atoms with E-state index >= 15 is 0 Å². The van der Waals surface area contributed by atoms with Gasteiger partial charge in [-0.25, -0.2) is 0 Å². The summed E-state index contributed by atoms with van der Waals surface area (Å²) >= 11 is 0. The summed E-state index contributed by atoms with van der Waals surface area (Å²) in [6.45, 7) is 1.35. The highest BCUT2D eigenvalue weighted by molar-refractivity contribution is 5.53. The van der Waals surface area contributed by atoms with Gasteiger partial charge in [-0.05, 0) is 12.1 Å². The van der Waals surface area contributed by atoms with Crippen LogP contribution in [0.1, 0.15) is 12.8 Å². The molecule has 1 aromatic carbocycles. The quantitative estimate of drug-likeness (QED) is 0.728. The van der Waals surface area contributed by atoms with Crippen molar-refractivity contribution in [1.29, 1.82) is 0 Å². The molecule has 0 atom stereocenters. The zero-order chi connectivity index (χ0) is 11.0. The molecule has 3 rings (SSSR count). The van der Waals surface area contributed by atoms with Crippen molar-refractivity contribution in [3.05, 3.63) is 18.2 Å². The molecule has 0 aliphatic carbocycles. The van der Waals surface area contributed by atoms with E-state index in [1.54, 1.807) is 7.11 Å². The lowest BCUT2D eigenvalue weighted by atomic mass is 10.1. The molecule has 2 heterocycles. The van der Waals surface area contributed by atoms with Crippen molar-refractivity contribution in [3.63, 3.8) is 0 Å². The molecule has 1 aromatic rings. The van der Waals surface area contributed by atoms with Gasteiger partial charge in [0.25, 0.3) is 5.79 Å². The Morgan fingerprint density at radius 2 is 2.00 bits per heavy atom. The van der Waals surface area contributed by atoms with Crippen LogP contribution in [0.15, 0.2) is 18.2 Å². The van der Waals surface area contributed by atoms with Gasteiger partial charge in [0, 0.05) is 12.8 Å². The van der Waals surface area contributed by atoms with Gasteiger partial charge in [0.05, 0.1) is 20.3 Å². The van der Waals surface area contributed by atoms with Crippen LogP contribution in [-0.4, -0.2) is 26.1 Å². The summed E-state index contributed by atoms with van der Waals surface area (Å²) in [5.41, 5.74) is 0. The van der Waals surface area contributed by atoms with Crippen LogP contribution in [0.2, 0.25) is 0 Å². The first-order chi connectivity index (χ1) is 7.83. The number of fused-ring (bicyclic) bond motifs is 1. The molecule has 0 saturated carbocycles. The van der Waals surface area contributed by atoms with E-state index in [1.807, 2.05) is 18.2 Å². The second kappa shape index (κ2) is 3.56. The molecule has 4 heteroatoms. The van der Waals surface area contributed by atoms with E-state index in [4.69, 9.17) is 18.9 Å². The smallest absolute Gasteiger partial charge is 0.256 e. The fourth-order valence-electron chi connectivity index (χ4n) is 2.13. The van der Waals surface area contributed by atoms with Crippen molar-refractivity contribution in [2.24, 2.45) is 0 Å². The second-order valence-electron chi connectivity index (χ2n) is 4.01. The summed E-state index contributed by atoms with van der Waals surface area (Å²) in [7, 11) is 1.63. The minimum atomic E-state index is -0.533. The molecule has 0 amide bonds. The molecule has 2 aliphatic heterocycles. The third-order valence-corrected chi connectivity index (χ3v) is 3.00. The van der Waals surface area contributed by atoms with Crippen LogP contribution in [0, 0.1) is 0 Å². The van der Waals surface area contributed by atoms with Crippen LogP contribution >= 0.6 is 0 Å². The van der Waals surface area contributed by atoms with Crippen LogP contribution < -0.4 is 14.2 Å². The number of benzene rings is 1. The average molecular weight is 222 g/mol. The van der Waals surface area contributed by atoms with Crippen LogP contribution in [0.25, 0.3) is 0 Å². The van der Waals surface area contributed by atoms with Gasteiger partial charge in [-0.1, -0.05) is 6.07 Å². The van der Waals surface area contributed by atoms with E-state index in [0.29, 0.717) is 19.0 Å². The monoisotopic (exact) mass is 222 g/mol. The van der Waals surface area contributed by atoms with Gasteiger partial charge in [0.1, 0.15) is 0 Å². The van der Waals surface area contributed by atoms with Crippen LogP contribution in [-0.2, 0) is 4.74 Å². The normalized spacial score (nSPS) is 21.1. The Labute approximate surface area is 94.1 Å². The first kappa shape index (κ1) is 9.78. The summed E-state index contributed by atoms with van der Waals surface area (Å²) in [5, 5.41) is 0. The van der Waals surface area contributed by atoms with Crippen molar-refractivity contribution >= 4 is 0 Å². The highest BCUT2D eigenvalue weighted by Gasteiger charge is 2.44. The van der Waals surface area contributed by atoms with Crippen molar-refractivity contribution in [2.75, 3.05) is 20.3 Å². The highest BCUT2D eigenvalue weighted by atomic mass is 16.7. The summed E-state index contributed by atoms with van der Waals surface area (Å²) in [6.07, 6.45) is 1.51. The molecule has 86 valence electrons. The summed E-state index contributed by atoms with van der Waals surface area (Å²) in [6, 6.07) is 5.68. The molecule has 16 heavy (non-hydrogen) atoms. The lowest BCUT2D eigenvalue weighted by Gasteiger charge is -2.31. The maximum absolute atomic E-state index is 5.93. The molecule has 4 nitrogen and oxygen atoms in total. The third kappa shape index (κ3) is 1.41. The number of ether oxygens (including phenoxy) is 4. The first-order valence-electron chi connectivity index (χ1n) is 5.46. The molecule has 0 N–H and O–H groups in total. The standard InChI is InChI=1S/C12H14O4/c1-13-9-3-2-4-10-11(9)16-12(15-10)5-7-14-8-6-12/h2-4H,5-8H2,1H3. The average Bonchev–Trinajstić information content (AvgIpc) is 2.67. The van der Waals surface area contributed by atoms with E-state index in [-0.39, 0.29) is 0 Å². The topological polar surface area (TPSA) is 36.9 Å². The molecule has 2 aliphatic rings.